The predicted octanol–water partition coefficient (Wildman–Crippen LogP) is 3.22. The normalized spacial score (nSPS) is 17.1. The van der Waals surface area contributed by atoms with Gasteiger partial charge >= 0.3 is 0 Å². The molecular formula is C15H10N2O3S2. The van der Waals surface area contributed by atoms with E-state index in [2.05, 4.69) is 5.10 Å². The van der Waals surface area contributed by atoms with Crippen molar-refractivity contribution in [3.8, 4) is 5.75 Å². The molecule has 0 unspecified atom stereocenters. The summed E-state index contributed by atoms with van der Waals surface area (Å²) in [5.41, 5.74) is 0.752. The number of aromatic hydroxyl groups is 1. The van der Waals surface area contributed by atoms with E-state index in [0.717, 1.165) is 5.56 Å². The third-order valence-electron chi connectivity index (χ3n) is 2.81. The van der Waals surface area contributed by atoms with Gasteiger partial charge in [0, 0.05) is 6.08 Å². The number of hydrogen-bond donors (Lipinski definition) is 1. The Morgan fingerprint density at radius 1 is 1.27 bits per heavy atom. The summed E-state index contributed by atoms with van der Waals surface area (Å²) in [4.78, 5) is 12.7. The van der Waals surface area contributed by atoms with Crippen LogP contribution in [0.2, 0.25) is 0 Å². The Morgan fingerprint density at radius 3 is 2.73 bits per heavy atom. The van der Waals surface area contributed by atoms with Crippen molar-refractivity contribution in [3.63, 3.8) is 0 Å². The van der Waals surface area contributed by atoms with Gasteiger partial charge in [-0.25, -0.2) is 0 Å². The minimum absolute atomic E-state index is 0.171. The van der Waals surface area contributed by atoms with Gasteiger partial charge in [-0.1, -0.05) is 11.8 Å². The Morgan fingerprint density at radius 2 is 2.05 bits per heavy atom. The van der Waals surface area contributed by atoms with Crippen molar-refractivity contribution in [3.05, 3.63) is 58.9 Å². The number of phenolic OH excluding ortho intramolecular Hbond substituents is 1. The van der Waals surface area contributed by atoms with E-state index in [1.807, 2.05) is 0 Å². The SMILES string of the molecule is O=C1/C(=C\c2ccco2)SC(=S)N1/N=C/c1ccc(O)cc1. The molecule has 2 heterocycles. The van der Waals surface area contributed by atoms with Crippen molar-refractivity contribution < 1.29 is 14.3 Å². The standard InChI is InChI=1S/C15H10N2O3S2/c18-11-5-3-10(4-6-11)9-16-17-14(19)13(22-15(17)21)8-12-2-1-7-20-12/h1-9,18H/b13-8+,16-9+. The van der Waals surface area contributed by atoms with Crippen LogP contribution < -0.4 is 0 Å². The monoisotopic (exact) mass is 330 g/mol. The van der Waals surface area contributed by atoms with Crippen LogP contribution in [0, 0.1) is 0 Å². The first kappa shape index (κ1) is 14.6. The first-order valence-electron chi connectivity index (χ1n) is 6.28. The molecule has 1 fully saturated rings. The minimum atomic E-state index is -0.290. The largest absolute Gasteiger partial charge is 0.508 e. The summed E-state index contributed by atoms with van der Waals surface area (Å²) in [6.45, 7) is 0. The van der Waals surface area contributed by atoms with Crippen LogP contribution in [-0.4, -0.2) is 26.6 Å². The van der Waals surface area contributed by atoms with Crippen molar-refractivity contribution in [1.82, 2.24) is 5.01 Å². The van der Waals surface area contributed by atoms with E-state index in [1.54, 1.807) is 42.5 Å². The van der Waals surface area contributed by atoms with Gasteiger partial charge in [0.1, 0.15) is 11.5 Å². The minimum Gasteiger partial charge on any atom is -0.508 e. The maximum Gasteiger partial charge on any atom is 0.286 e. The van der Waals surface area contributed by atoms with Gasteiger partial charge in [-0.15, -0.1) is 0 Å². The molecule has 0 radical (unpaired) electrons. The fourth-order valence-corrected chi connectivity index (χ4v) is 2.90. The maximum absolute atomic E-state index is 12.3. The molecule has 0 bridgehead atoms. The Hall–Kier alpha value is -2.38. The number of thioether (sulfide) groups is 1. The number of nitrogens with zero attached hydrogens (tertiary/aromatic N) is 2. The van der Waals surface area contributed by atoms with Gasteiger partial charge < -0.3 is 9.52 Å². The smallest absolute Gasteiger partial charge is 0.286 e. The molecule has 5 nitrogen and oxygen atoms in total. The zero-order valence-electron chi connectivity index (χ0n) is 11.2. The summed E-state index contributed by atoms with van der Waals surface area (Å²) in [6, 6.07) is 9.97. The summed E-state index contributed by atoms with van der Waals surface area (Å²) in [7, 11) is 0. The number of carbonyl (C=O) groups is 1. The van der Waals surface area contributed by atoms with E-state index in [9.17, 15) is 9.90 Å². The molecule has 0 saturated carbocycles. The molecule has 2 aromatic rings. The van der Waals surface area contributed by atoms with Gasteiger partial charge in [0.15, 0.2) is 4.32 Å². The predicted molar refractivity (Wildman–Crippen MR) is 89.4 cm³/mol. The van der Waals surface area contributed by atoms with Crippen LogP contribution >= 0.6 is 24.0 Å². The number of hydrazone groups is 1. The van der Waals surface area contributed by atoms with E-state index >= 15 is 0 Å². The molecule has 3 rings (SSSR count). The summed E-state index contributed by atoms with van der Waals surface area (Å²) >= 11 is 6.34. The Bertz CT molecular complexity index is 765. The topological polar surface area (TPSA) is 66.0 Å². The quantitative estimate of drug-likeness (QED) is 0.532. The lowest BCUT2D eigenvalue weighted by Gasteiger charge is -2.05. The second kappa shape index (κ2) is 6.17. The molecule has 1 N–H and O–H groups in total. The molecule has 22 heavy (non-hydrogen) atoms. The number of thiocarbonyl (C=S) groups is 1. The summed E-state index contributed by atoms with van der Waals surface area (Å²) < 4.78 is 5.55. The second-order valence-electron chi connectivity index (χ2n) is 4.35. The fourth-order valence-electron chi connectivity index (χ4n) is 1.75. The van der Waals surface area contributed by atoms with Crippen molar-refractivity contribution in [2.75, 3.05) is 0 Å². The summed E-state index contributed by atoms with van der Waals surface area (Å²) in [6.07, 6.45) is 4.69. The third-order valence-corrected chi connectivity index (χ3v) is 4.09. The zero-order valence-corrected chi connectivity index (χ0v) is 12.8. The highest BCUT2D eigenvalue weighted by atomic mass is 32.2. The average molecular weight is 330 g/mol. The molecule has 0 atom stereocenters. The molecule has 110 valence electrons. The van der Waals surface area contributed by atoms with Crippen LogP contribution in [0.15, 0.2) is 57.1 Å². The molecular weight excluding hydrogens is 320 g/mol. The van der Waals surface area contributed by atoms with Gasteiger partial charge in [0.25, 0.3) is 5.91 Å². The van der Waals surface area contributed by atoms with E-state index in [-0.39, 0.29) is 11.7 Å². The lowest BCUT2D eigenvalue weighted by atomic mass is 10.2. The van der Waals surface area contributed by atoms with Crippen molar-refractivity contribution in [2.45, 2.75) is 0 Å². The number of hydrogen-bond acceptors (Lipinski definition) is 6. The fraction of sp³-hybridized carbons (Fsp3) is 0. The number of benzene rings is 1. The Kier molecular flexibility index (Phi) is 4.08. The van der Waals surface area contributed by atoms with Crippen molar-refractivity contribution in [2.24, 2.45) is 5.10 Å². The number of phenols is 1. The maximum atomic E-state index is 12.3. The summed E-state index contributed by atoms with van der Waals surface area (Å²) in [5.74, 6) is 0.466. The number of carbonyl (C=O) groups excluding carboxylic acids is 1. The van der Waals surface area contributed by atoms with Crippen LogP contribution in [0.1, 0.15) is 11.3 Å². The van der Waals surface area contributed by atoms with Crippen LogP contribution in [0.25, 0.3) is 6.08 Å². The van der Waals surface area contributed by atoms with Gasteiger partial charge in [-0.2, -0.15) is 10.1 Å². The van der Waals surface area contributed by atoms with E-state index in [0.29, 0.717) is 15.0 Å². The molecule has 1 aromatic carbocycles. The average Bonchev–Trinajstić information content (AvgIpc) is 3.09. The van der Waals surface area contributed by atoms with E-state index in [1.165, 1.54) is 29.2 Å². The lowest BCUT2D eigenvalue weighted by Crippen LogP contribution is -2.22. The Balaban J connectivity index is 1.78. The van der Waals surface area contributed by atoms with E-state index < -0.39 is 0 Å². The molecule has 0 spiro atoms. The van der Waals surface area contributed by atoms with Gasteiger partial charge in [0.2, 0.25) is 0 Å². The molecule has 1 aliphatic heterocycles. The van der Waals surface area contributed by atoms with Gasteiger partial charge in [-0.05, 0) is 54.2 Å². The lowest BCUT2D eigenvalue weighted by molar-refractivity contribution is -0.122. The number of furan rings is 1. The third kappa shape index (κ3) is 3.10. The van der Waals surface area contributed by atoms with Gasteiger partial charge in [0.05, 0.1) is 17.4 Å². The first-order valence-corrected chi connectivity index (χ1v) is 7.50. The van der Waals surface area contributed by atoms with Gasteiger partial charge in [-0.3, -0.25) is 4.79 Å². The zero-order chi connectivity index (χ0) is 15.5. The molecule has 1 aromatic heterocycles. The summed E-state index contributed by atoms with van der Waals surface area (Å²) in [5, 5.41) is 14.5. The van der Waals surface area contributed by atoms with E-state index in [4.69, 9.17) is 16.6 Å². The molecule has 1 aliphatic rings. The first-order chi connectivity index (χ1) is 10.6. The molecule has 7 heteroatoms. The molecule has 0 aliphatic carbocycles. The highest BCUT2D eigenvalue weighted by molar-refractivity contribution is 8.26. The number of rotatable bonds is 3. The van der Waals surface area contributed by atoms with Crippen molar-refractivity contribution >= 4 is 46.5 Å². The number of amides is 1. The van der Waals surface area contributed by atoms with Crippen LogP contribution in [-0.2, 0) is 4.79 Å². The highest BCUT2D eigenvalue weighted by Crippen LogP contribution is 2.32. The van der Waals surface area contributed by atoms with Crippen molar-refractivity contribution in [1.29, 1.82) is 0 Å². The van der Waals surface area contributed by atoms with Crippen LogP contribution in [0.3, 0.4) is 0 Å². The van der Waals surface area contributed by atoms with Crippen LogP contribution in [0.5, 0.6) is 5.75 Å². The molecule has 1 amide bonds. The van der Waals surface area contributed by atoms with Crippen LogP contribution in [0.4, 0.5) is 0 Å². The molecule has 1 saturated heterocycles. The highest BCUT2D eigenvalue weighted by Gasteiger charge is 2.32. The second-order valence-corrected chi connectivity index (χ2v) is 6.02. The Labute approximate surface area is 135 Å².